The second-order valence-corrected chi connectivity index (χ2v) is 4.96. The first kappa shape index (κ1) is 13.8. The van der Waals surface area contributed by atoms with Crippen LogP contribution in [0.2, 0.25) is 0 Å². The van der Waals surface area contributed by atoms with Crippen molar-refractivity contribution in [2.75, 3.05) is 6.54 Å². The molecule has 4 heteroatoms. The van der Waals surface area contributed by atoms with Crippen LogP contribution in [0, 0.1) is 6.92 Å². The molecule has 0 heterocycles. The van der Waals surface area contributed by atoms with Crippen molar-refractivity contribution in [2.24, 2.45) is 10.7 Å². The lowest BCUT2D eigenvalue weighted by Gasteiger charge is -2.06. The van der Waals surface area contributed by atoms with Gasteiger partial charge >= 0.3 is 0 Å². The minimum atomic E-state index is 0.446. The number of benzene rings is 1. The summed E-state index contributed by atoms with van der Waals surface area (Å²) >= 11 is 3.50. The van der Waals surface area contributed by atoms with Crippen molar-refractivity contribution in [1.82, 2.24) is 5.32 Å². The Bertz CT molecular complexity index is 438. The van der Waals surface area contributed by atoms with Gasteiger partial charge in [-0.05, 0) is 25.5 Å². The Kier molecular flexibility index (Phi) is 5.22. The number of hydrogen-bond donors (Lipinski definition) is 2. The fourth-order valence-corrected chi connectivity index (χ4v) is 1.66. The van der Waals surface area contributed by atoms with Crippen LogP contribution in [0.4, 0.5) is 0 Å². The van der Waals surface area contributed by atoms with Crippen LogP contribution in [-0.4, -0.2) is 12.5 Å². The summed E-state index contributed by atoms with van der Waals surface area (Å²) in [6.07, 6.45) is 0. The van der Waals surface area contributed by atoms with Crippen molar-refractivity contribution in [1.29, 1.82) is 0 Å². The Morgan fingerprint density at radius 3 is 2.88 bits per heavy atom. The van der Waals surface area contributed by atoms with Gasteiger partial charge < -0.3 is 11.1 Å². The van der Waals surface area contributed by atoms with Crippen LogP contribution in [0.15, 0.2) is 39.8 Å². The Morgan fingerprint density at radius 1 is 1.53 bits per heavy atom. The molecule has 0 radical (unpaired) electrons. The monoisotopic (exact) mass is 295 g/mol. The number of aliphatic imine (C=N–C) groups is 1. The lowest BCUT2D eigenvalue weighted by molar-refractivity contribution is 0.938. The third-order valence-electron chi connectivity index (χ3n) is 2.19. The highest BCUT2D eigenvalue weighted by molar-refractivity contribution is 9.10. The Morgan fingerprint density at radius 2 is 2.24 bits per heavy atom. The van der Waals surface area contributed by atoms with Crippen LogP contribution in [0.3, 0.4) is 0 Å². The minimum Gasteiger partial charge on any atom is -0.370 e. The zero-order valence-electron chi connectivity index (χ0n) is 10.3. The van der Waals surface area contributed by atoms with Gasteiger partial charge in [0.15, 0.2) is 5.96 Å². The average Bonchev–Trinajstić information content (AvgIpc) is 2.27. The van der Waals surface area contributed by atoms with E-state index in [0.717, 1.165) is 15.6 Å². The van der Waals surface area contributed by atoms with E-state index in [1.54, 1.807) is 0 Å². The van der Waals surface area contributed by atoms with Gasteiger partial charge in [-0.25, -0.2) is 4.99 Å². The van der Waals surface area contributed by atoms with Crippen molar-refractivity contribution < 1.29 is 0 Å². The van der Waals surface area contributed by atoms with Crippen LogP contribution in [0.25, 0.3) is 0 Å². The van der Waals surface area contributed by atoms with E-state index in [2.05, 4.69) is 51.9 Å². The highest BCUT2D eigenvalue weighted by Gasteiger charge is 1.99. The number of guanidine groups is 1. The van der Waals surface area contributed by atoms with Gasteiger partial charge in [0, 0.05) is 11.0 Å². The fraction of sp³-hybridized carbons (Fsp3) is 0.308. The molecule has 0 saturated heterocycles. The molecule has 1 aromatic rings. The molecule has 0 bridgehead atoms. The Labute approximate surface area is 111 Å². The first-order valence-corrected chi connectivity index (χ1v) is 6.21. The minimum absolute atomic E-state index is 0.446. The van der Waals surface area contributed by atoms with Crippen LogP contribution in [0.5, 0.6) is 0 Å². The third kappa shape index (κ3) is 5.04. The van der Waals surface area contributed by atoms with Crippen LogP contribution < -0.4 is 11.1 Å². The summed E-state index contributed by atoms with van der Waals surface area (Å²) in [5.41, 5.74) is 9.11. The normalized spacial score (nSPS) is 11.4. The lowest BCUT2D eigenvalue weighted by atomic mass is 10.1. The predicted molar refractivity (Wildman–Crippen MR) is 77.0 cm³/mol. The number of halogens is 1. The summed E-state index contributed by atoms with van der Waals surface area (Å²) in [6, 6.07) is 6.18. The average molecular weight is 296 g/mol. The molecule has 3 nitrogen and oxygen atoms in total. The van der Waals surface area contributed by atoms with Crippen molar-refractivity contribution in [3.63, 3.8) is 0 Å². The van der Waals surface area contributed by atoms with E-state index < -0.39 is 0 Å². The van der Waals surface area contributed by atoms with E-state index in [1.165, 1.54) is 5.56 Å². The molecule has 0 saturated carbocycles. The number of nitrogens with two attached hydrogens (primary N) is 1. The van der Waals surface area contributed by atoms with E-state index >= 15 is 0 Å². The molecule has 3 N–H and O–H groups in total. The SMILES string of the molecule is C=C(C)CNC(N)=NCc1cc(C)ccc1Br. The Hall–Kier alpha value is -1.29. The molecular weight excluding hydrogens is 278 g/mol. The predicted octanol–water partition coefficient (Wildman–Crippen LogP) is 2.74. The summed E-state index contributed by atoms with van der Waals surface area (Å²) in [4.78, 5) is 4.28. The Balaban J connectivity index is 2.62. The van der Waals surface area contributed by atoms with Gasteiger partial charge in [-0.15, -0.1) is 0 Å². The summed E-state index contributed by atoms with van der Waals surface area (Å²) in [7, 11) is 0. The first-order chi connectivity index (χ1) is 7.99. The number of nitrogens with zero attached hydrogens (tertiary/aromatic N) is 1. The molecule has 1 rings (SSSR count). The summed E-state index contributed by atoms with van der Waals surface area (Å²) in [6.45, 7) is 9.01. The molecule has 92 valence electrons. The molecular formula is C13H18BrN3. The maximum absolute atomic E-state index is 5.74. The fourth-order valence-electron chi connectivity index (χ4n) is 1.29. The molecule has 0 aliphatic rings. The third-order valence-corrected chi connectivity index (χ3v) is 2.97. The zero-order chi connectivity index (χ0) is 12.8. The molecule has 0 atom stereocenters. The van der Waals surface area contributed by atoms with Crippen LogP contribution in [-0.2, 0) is 6.54 Å². The molecule has 1 aromatic carbocycles. The number of nitrogens with one attached hydrogen (secondary N) is 1. The molecule has 0 fully saturated rings. The highest BCUT2D eigenvalue weighted by Crippen LogP contribution is 2.18. The van der Waals surface area contributed by atoms with Gasteiger partial charge in [-0.3, -0.25) is 0 Å². The maximum Gasteiger partial charge on any atom is 0.189 e. The summed E-state index contributed by atoms with van der Waals surface area (Å²) < 4.78 is 1.06. The maximum atomic E-state index is 5.74. The molecule has 0 aromatic heterocycles. The summed E-state index contributed by atoms with van der Waals surface area (Å²) in [5.74, 6) is 0.446. The second kappa shape index (κ2) is 6.45. The van der Waals surface area contributed by atoms with Gasteiger partial charge in [0.1, 0.15) is 0 Å². The highest BCUT2D eigenvalue weighted by atomic mass is 79.9. The van der Waals surface area contributed by atoms with Crippen LogP contribution >= 0.6 is 15.9 Å². The van der Waals surface area contributed by atoms with Crippen molar-refractivity contribution in [2.45, 2.75) is 20.4 Å². The molecule has 17 heavy (non-hydrogen) atoms. The molecule has 0 unspecified atom stereocenters. The zero-order valence-corrected chi connectivity index (χ0v) is 11.8. The second-order valence-electron chi connectivity index (χ2n) is 4.11. The van der Waals surface area contributed by atoms with E-state index in [4.69, 9.17) is 5.73 Å². The first-order valence-electron chi connectivity index (χ1n) is 5.42. The topological polar surface area (TPSA) is 50.4 Å². The van der Waals surface area contributed by atoms with Crippen molar-refractivity contribution >= 4 is 21.9 Å². The van der Waals surface area contributed by atoms with Gasteiger partial charge in [0.05, 0.1) is 6.54 Å². The van der Waals surface area contributed by atoms with E-state index in [1.807, 2.05) is 13.0 Å². The van der Waals surface area contributed by atoms with Gasteiger partial charge in [-0.2, -0.15) is 0 Å². The molecule has 0 aliphatic carbocycles. The van der Waals surface area contributed by atoms with E-state index in [0.29, 0.717) is 19.0 Å². The number of hydrogen-bond acceptors (Lipinski definition) is 1. The van der Waals surface area contributed by atoms with E-state index in [-0.39, 0.29) is 0 Å². The van der Waals surface area contributed by atoms with Crippen LogP contribution in [0.1, 0.15) is 18.1 Å². The molecule has 0 spiro atoms. The van der Waals surface area contributed by atoms with E-state index in [9.17, 15) is 0 Å². The molecule has 0 aliphatic heterocycles. The smallest absolute Gasteiger partial charge is 0.189 e. The van der Waals surface area contributed by atoms with Crippen molar-refractivity contribution in [3.05, 3.63) is 46.0 Å². The lowest BCUT2D eigenvalue weighted by Crippen LogP contribution is -2.32. The largest absolute Gasteiger partial charge is 0.370 e. The van der Waals surface area contributed by atoms with Gasteiger partial charge in [-0.1, -0.05) is 45.8 Å². The van der Waals surface area contributed by atoms with Gasteiger partial charge in [0.2, 0.25) is 0 Å². The quantitative estimate of drug-likeness (QED) is 0.510. The number of aryl methyl sites for hydroxylation is 1. The molecule has 0 amide bonds. The number of rotatable bonds is 4. The van der Waals surface area contributed by atoms with Crippen molar-refractivity contribution in [3.8, 4) is 0 Å². The standard InChI is InChI=1S/C13H18BrN3/c1-9(2)7-16-13(15)17-8-11-6-10(3)4-5-12(11)14/h4-6H,1,7-8H2,2-3H3,(H3,15,16,17). The van der Waals surface area contributed by atoms with Gasteiger partial charge in [0.25, 0.3) is 0 Å². The summed E-state index contributed by atoms with van der Waals surface area (Å²) in [5, 5.41) is 3.00.